The van der Waals surface area contributed by atoms with E-state index in [1.165, 1.54) is 0 Å². The van der Waals surface area contributed by atoms with Crippen molar-refractivity contribution in [3.8, 4) is 5.75 Å². The molecule has 4 nitrogen and oxygen atoms in total. The summed E-state index contributed by atoms with van der Waals surface area (Å²) < 4.78 is 6.12. The molecule has 15 heavy (non-hydrogen) atoms. The van der Waals surface area contributed by atoms with Gasteiger partial charge in [0, 0.05) is 4.47 Å². The summed E-state index contributed by atoms with van der Waals surface area (Å²) >= 11 is 3.28. The number of hydrogen-bond donors (Lipinski definition) is 2. The molecule has 0 aromatic heterocycles. The maximum absolute atomic E-state index is 10.2. The predicted octanol–water partition coefficient (Wildman–Crippen LogP) is 1.66. The average Bonchev–Trinajstić information content (AvgIpc) is 2.16. The first-order valence-corrected chi connectivity index (χ1v) is 5.15. The maximum Gasteiger partial charge on any atom is 0.306 e. The molecule has 0 radical (unpaired) electrons. The maximum atomic E-state index is 10.2. The van der Waals surface area contributed by atoms with Gasteiger partial charge in [0.15, 0.2) is 0 Å². The fraction of sp³-hybridized carbons (Fsp3) is 0.300. The molecule has 1 aromatic carbocycles. The van der Waals surface area contributed by atoms with Crippen LogP contribution in [0.1, 0.15) is 6.42 Å². The third kappa shape index (κ3) is 4.80. The van der Waals surface area contributed by atoms with Crippen molar-refractivity contribution in [3.63, 3.8) is 0 Å². The molecule has 1 atom stereocenters. The van der Waals surface area contributed by atoms with E-state index in [-0.39, 0.29) is 13.0 Å². The van der Waals surface area contributed by atoms with Crippen molar-refractivity contribution in [2.24, 2.45) is 0 Å². The van der Waals surface area contributed by atoms with E-state index in [2.05, 4.69) is 15.9 Å². The van der Waals surface area contributed by atoms with Gasteiger partial charge in [-0.05, 0) is 24.3 Å². The van der Waals surface area contributed by atoms with Gasteiger partial charge in [0.1, 0.15) is 12.4 Å². The summed E-state index contributed by atoms with van der Waals surface area (Å²) in [4.78, 5) is 10.2. The fourth-order valence-corrected chi connectivity index (χ4v) is 1.25. The highest BCUT2D eigenvalue weighted by Gasteiger charge is 2.09. The minimum absolute atomic E-state index is 0.0199. The zero-order valence-corrected chi connectivity index (χ0v) is 9.48. The summed E-state index contributed by atoms with van der Waals surface area (Å²) in [7, 11) is 0. The molecular weight excluding hydrogens is 264 g/mol. The van der Waals surface area contributed by atoms with Gasteiger partial charge in [-0.1, -0.05) is 15.9 Å². The van der Waals surface area contributed by atoms with Crippen LogP contribution in [0.4, 0.5) is 0 Å². The van der Waals surface area contributed by atoms with Gasteiger partial charge in [-0.2, -0.15) is 0 Å². The summed E-state index contributed by atoms with van der Waals surface area (Å²) in [5.41, 5.74) is 0. The van der Waals surface area contributed by atoms with E-state index in [0.29, 0.717) is 5.75 Å². The summed E-state index contributed by atoms with van der Waals surface area (Å²) in [6.45, 7) is -0.0199. The highest BCUT2D eigenvalue weighted by atomic mass is 79.9. The molecule has 0 spiro atoms. The summed E-state index contributed by atoms with van der Waals surface area (Å²) in [6.07, 6.45) is -1.29. The predicted molar refractivity (Wildman–Crippen MR) is 57.9 cm³/mol. The highest BCUT2D eigenvalue weighted by Crippen LogP contribution is 2.16. The van der Waals surface area contributed by atoms with Crippen LogP contribution >= 0.6 is 15.9 Å². The lowest BCUT2D eigenvalue weighted by molar-refractivity contribution is -0.139. The lowest BCUT2D eigenvalue weighted by atomic mass is 10.3. The van der Waals surface area contributed by atoms with Crippen LogP contribution < -0.4 is 4.74 Å². The first kappa shape index (κ1) is 12.0. The molecule has 0 aliphatic carbocycles. The second kappa shape index (κ2) is 5.72. The van der Waals surface area contributed by atoms with E-state index in [4.69, 9.17) is 9.84 Å². The molecular formula is C10H11BrO4. The van der Waals surface area contributed by atoms with Gasteiger partial charge in [-0.25, -0.2) is 0 Å². The standard InChI is InChI=1S/C10H11BrO4/c11-7-1-3-9(4-2-7)15-6-8(12)5-10(13)14/h1-4,8,12H,5-6H2,(H,13,14). The van der Waals surface area contributed by atoms with Crippen molar-refractivity contribution < 1.29 is 19.7 Å². The van der Waals surface area contributed by atoms with E-state index in [9.17, 15) is 9.90 Å². The molecule has 1 aromatic rings. The van der Waals surface area contributed by atoms with Crippen molar-refractivity contribution in [2.75, 3.05) is 6.61 Å². The number of hydrogen-bond acceptors (Lipinski definition) is 3. The highest BCUT2D eigenvalue weighted by molar-refractivity contribution is 9.10. The zero-order valence-electron chi connectivity index (χ0n) is 7.89. The van der Waals surface area contributed by atoms with Crippen LogP contribution in [0.25, 0.3) is 0 Å². The molecule has 0 heterocycles. The Morgan fingerprint density at radius 3 is 2.53 bits per heavy atom. The molecule has 82 valence electrons. The number of carbonyl (C=O) groups is 1. The molecule has 5 heteroatoms. The van der Waals surface area contributed by atoms with Gasteiger partial charge < -0.3 is 14.9 Å². The molecule has 1 unspecified atom stereocenters. The number of halogens is 1. The minimum Gasteiger partial charge on any atom is -0.491 e. The first-order valence-electron chi connectivity index (χ1n) is 4.36. The number of benzene rings is 1. The smallest absolute Gasteiger partial charge is 0.306 e. The average molecular weight is 275 g/mol. The lowest BCUT2D eigenvalue weighted by Crippen LogP contribution is -2.21. The topological polar surface area (TPSA) is 66.8 Å². The van der Waals surface area contributed by atoms with Crippen LogP contribution in [0.5, 0.6) is 5.75 Å². The number of ether oxygens (including phenoxy) is 1. The Labute approximate surface area is 95.6 Å². The summed E-state index contributed by atoms with van der Waals surface area (Å²) in [5.74, 6) is -0.440. The molecule has 0 fully saturated rings. The Bertz CT molecular complexity index is 323. The van der Waals surface area contributed by atoms with Crippen molar-refractivity contribution in [1.82, 2.24) is 0 Å². The SMILES string of the molecule is O=C(O)CC(O)COc1ccc(Br)cc1. The summed E-state index contributed by atoms with van der Waals surface area (Å²) in [5, 5.41) is 17.6. The van der Waals surface area contributed by atoms with Crippen LogP contribution in [-0.2, 0) is 4.79 Å². The number of aliphatic carboxylic acids is 1. The molecule has 0 saturated carbocycles. The zero-order chi connectivity index (χ0) is 11.3. The minimum atomic E-state index is -1.04. The fourth-order valence-electron chi connectivity index (χ4n) is 0.984. The summed E-state index contributed by atoms with van der Waals surface area (Å²) in [6, 6.07) is 7.08. The van der Waals surface area contributed by atoms with Gasteiger partial charge >= 0.3 is 5.97 Å². The third-order valence-electron chi connectivity index (χ3n) is 1.67. The number of rotatable bonds is 5. The number of aliphatic hydroxyl groups is 1. The first-order chi connectivity index (χ1) is 7.08. The number of carboxylic acid groups (broad SMARTS) is 1. The Morgan fingerprint density at radius 1 is 1.40 bits per heavy atom. The van der Waals surface area contributed by atoms with Crippen LogP contribution in [0.2, 0.25) is 0 Å². The van der Waals surface area contributed by atoms with Gasteiger partial charge in [-0.15, -0.1) is 0 Å². The van der Waals surface area contributed by atoms with Crippen molar-refractivity contribution in [1.29, 1.82) is 0 Å². The third-order valence-corrected chi connectivity index (χ3v) is 2.19. The second-order valence-electron chi connectivity index (χ2n) is 3.02. The van der Waals surface area contributed by atoms with Gasteiger partial charge in [-0.3, -0.25) is 4.79 Å². The monoisotopic (exact) mass is 274 g/mol. The van der Waals surface area contributed by atoms with Gasteiger partial charge in [0.25, 0.3) is 0 Å². The van der Waals surface area contributed by atoms with Gasteiger partial charge in [0.05, 0.1) is 12.5 Å². The molecule has 2 N–H and O–H groups in total. The molecule has 0 saturated heterocycles. The quantitative estimate of drug-likeness (QED) is 0.857. The molecule has 0 aliphatic heterocycles. The van der Waals surface area contributed by atoms with Crippen LogP contribution in [0, 0.1) is 0 Å². The molecule has 0 bridgehead atoms. The van der Waals surface area contributed by atoms with Crippen LogP contribution in [0.15, 0.2) is 28.7 Å². The Kier molecular flexibility index (Phi) is 4.58. The molecule has 0 amide bonds. The van der Waals surface area contributed by atoms with E-state index >= 15 is 0 Å². The van der Waals surface area contributed by atoms with Gasteiger partial charge in [0.2, 0.25) is 0 Å². The second-order valence-corrected chi connectivity index (χ2v) is 3.93. The van der Waals surface area contributed by atoms with E-state index in [0.717, 1.165) is 4.47 Å². The van der Waals surface area contributed by atoms with E-state index in [1.54, 1.807) is 24.3 Å². The Morgan fingerprint density at radius 2 is 2.00 bits per heavy atom. The Balaban J connectivity index is 2.36. The van der Waals surface area contributed by atoms with E-state index < -0.39 is 12.1 Å². The van der Waals surface area contributed by atoms with Crippen LogP contribution in [0.3, 0.4) is 0 Å². The van der Waals surface area contributed by atoms with E-state index in [1.807, 2.05) is 0 Å². The van der Waals surface area contributed by atoms with Crippen molar-refractivity contribution in [3.05, 3.63) is 28.7 Å². The Hall–Kier alpha value is -1.07. The normalized spacial score (nSPS) is 12.1. The molecule has 0 aliphatic rings. The van der Waals surface area contributed by atoms with Crippen molar-refractivity contribution >= 4 is 21.9 Å². The lowest BCUT2D eigenvalue weighted by Gasteiger charge is -2.10. The molecule has 1 rings (SSSR count). The number of aliphatic hydroxyl groups excluding tert-OH is 1. The van der Waals surface area contributed by atoms with Crippen LogP contribution in [-0.4, -0.2) is 28.9 Å². The number of carboxylic acids is 1. The van der Waals surface area contributed by atoms with Crippen molar-refractivity contribution in [2.45, 2.75) is 12.5 Å². The largest absolute Gasteiger partial charge is 0.491 e.